The summed E-state index contributed by atoms with van der Waals surface area (Å²) in [6.45, 7) is 4.84. The van der Waals surface area contributed by atoms with Crippen LogP contribution in [0.3, 0.4) is 0 Å². The molecule has 11 heteroatoms. The van der Waals surface area contributed by atoms with Crippen molar-refractivity contribution in [1.82, 2.24) is 15.4 Å². The van der Waals surface area contributed by atoms with Gasteiger partial charge in [0.15, 0.2) is 0 Å². The van der Waals surface area contributed by atoms with Gasteiger partial charge in [-0.15, -0.1) is 0 Å². The molecule has 214 valence electrons. The first-order valence-electron chi connectivity index (χ1n) is 13.8. The molecule has 0 bridgehead atoms. The molecule has 0 aromatic heterocycles. The minimum Gasteiger partial charge on any atom is -0.449 e. The second-order valence-electron chi connectivity index (χ2n) is 11.9. The lowest BCUT2D eigenvalue weighted by Gasteiger charge is -2.35. The molecule has 0 spiro atoms. The summed E-state index contributed by atoms with van der Waals surface area (Å²) < 4.78 is 8.49. The van der Waals surface area contributed by atoms with E-state index in [1.165, 1.54) is 6.42 Å². The minimum absolute atomic E-state index is 0.0422. The smallest absolute Gasteiger partial charge is 0.407 e. The molecule has 3 atom stereocenters. The Hall–Kier alpha value is -2.22. The van der Waals surface area contributed by atoms with Gasteiger partial charge in [0.05, 0.1) is 12.7 Å². The average molecular weight is 593 g/mol. The predicted octanol–water partition coefficient (Wildman–Crippen LogP) is 3.85. The van der Waals surface area contributed by atoms with Gasteiger partial charge in [-0.25, -0.2) is 4.79 Å². The number of nitriles is 1. The van der Waals surface area contributed by atoms with Gasteiger partial charge < -0.3 is 15.4 Å². The quantitative estimate of drug-likeness (QED) is 0.250. The van der Waals surface area contributed by atoms with Gasteiger partial charge in [-0.3, -0.25) is 14.3 Å². The van der Waals surface area contributed by atoms with E-state index in [1.807, 2.05) is 38.1 Å². The van der Waals surface area contributed by atoms with Crippen molar-refractivity contribution >= 4 is 51.7 Å². The highest BCUT2D eigenvalue weighted by molar-refractivity contribution is 7.98. The number of alkyl carbamates (subject to hydrolysis) is 1. The normalized spacial score (nSPS) is 20.4. The molecule has 1 aromatic rings. The molecule has 1 heterocycles. The van der Waals surface area contributed by atoms with E-state index in [4.69, 9.17) is 16.3 Å². The summed E-state index contributed by atoms with van der Waals surface area (Å²) in [5.41, 5.74) is 0.730. The Kier molecular flexibility index (Phi) is 11.6. The predicted molar refractivity (Wildman–Crippen MR) is 158 cm³/mol. The molecule has 1 unspecified atom stereocenters. The van der Waals surface area contributed by atoms with Gasteiger partial charge in [0.1, 0.15) is 10.4 Å². The van der Waals surface area contributed by atoms with Gasteiger partial charge >= 0.3 is 6.09 Å². The maximum absolute atomic E-state index is 13.5. The Morgan fingerprint density at radius 1 is 1.28 bits per heavy atom. The number of benzene rings is 1. The van der Waals surface area contributed by atoms with Crippen molar-refractivity contribution < 1.29 is 19.1 Å². The van der Waals surface area contributed by atoms with Crippen LogP contribution in [0.25, 0.3) is 0 Å². The van der Waals surface area contributed by atoms with E-state index in [0.717, 1.165) is 43.2 Å². The number of amides is 3. The number of nitrogens with zero attached hydrogens (tertiary/aromatic N) is 1. The molecule has 1 aliphatic heterocycles. The molecule has 2 fully saturated rings. The fourth-order valence-corrected chi connectivity index (χ4v) is 7.59. The van der Waals surface area contributed by atoms with Crippen LogP contribution in [0.1, 0.15) is 70.8 Å². The number of carbonyl (C=O) groups excluding carboxylic acids is 3. The average Bonchev–Trinajstić information content (AvgIpc) is 3.29. The fourth-order valence-electron chi connectivity index (χ4n) is 5.43. The molecule has 1 saturated heterocycles. The van der Waals surface area contributed by atoms with E-state index in [9.17, 15) is 19.6 Å². The maximum atomic E-state index is 13.5. The zero-order valence-electron chi connectivity index (χ0n) is 23.2. The van der Waals surface area contributed by atoms with Gasteiger partial charge in [0.2, 0.25) is 5.91 Å². The first-order valence-corrected chi connectivity index (χ1v) is 16.1. The summed E-state index contributed by atoms with van der Waals surface area (Å²) in [6.07, 6.45) is 7.20. The van der Waals surface area contributed by atoms with Crippen molar-refractivity contribution in [3.63, 3.8) is 0 Å². The van der Waals surface area contributed by atoms with Crippen molar-refractivity contribution in [2.45, 2.75) is 82.0 Å². The number of hydrogen-bond donors (Lipinski definition) is 3. The Bertz CT molecular complexity index is 1060. The van der Waals surface area contributed by atoms with Crippen LogP contribution in [-0.2, 0) is 20.7 Å². The van der Waals surface area contributed by atoms with E-state index in [-0.39, 0.29) is 29.8 Å². The van der Waals surface area contributed by atoms with Crippen LogP contribution in [0.5, 0.6) is 0 Å². The standard InChI is InChI=1S/C28H41ClN4O4SSi/c1-27(2,15-20-9-6-10-22(29)13-20)18-37-26(36)32-28(39,16-19-7-4-3-5-8-19)25(35)33-38-23(17-30)14-21-11-12-31-24(21)34/h6,9-10,13,19,21,23H,3-5,7-8,11-12,14-16,18H2,1-2,39H3,(H,31,34)(H,32,36)(H,33,35)/t21?,23-,28+/m0/s1. The van der Waals surface area contributed by atoms with Crippen LogP contribution in [0.15, 0.2) is 24.3 Å². The number of nitrogens with one attached hydrogen (secondary N) is 3. The lowest BCUT2D eigenvalue weighted by molar-refractivity contribution is -0.123. The van der Waals surface area contributed by atoms with Gasteiger partial charge in [0.25, 0.3) is 5.91 Å². The lowest BCUT2D eigenvalue weighted by Crippen LogP contribution is -2.59. The molecule has 8 nitrogen and oxygen atoms in total. The highest BCUT2D eigenvalue weighted by Gasteiger charge is 2.39. The highest BCUT2D eigenvalue weighted by Crippen LogP contribution is 2.31. The SMILES string of the molecule is CC(C)(COC(=O)N[C@@]([SiH3])(CC1CCCCC1)C(=O)NS[C@H](C#N)CC1CCNC1=O)Cc1cccc(Cl)c1. The van der Waals surface area contributed by atoms with E-state index in [1.54, 1.807) is 0 Å². The number of carbonyl (C=O) groups is 3. The van der Waals surface area contributed by atoms with E-state index < -0.39 is 16.5 Å². The van der Waals surface area contributed by atoms with Gasteiger partial charge in [-0.05, 0) is 61.2 Å². The first-order chi connectivity index (χ1) is 18.5. The number of hydrogen-bond acceptors (Lipinski definition) is 6. The number of ether oxygens (including phenoxy) is 1. The van der Waals surface area contributed by atoms with Crippen LogP contribution >= 0.6 is 23.5 Å². The summed E-state index contributed by atoms with van der Waals surface area (Å²) in [6, 6.07) is 9.83. The number of rotatable bonds is 12. The fraction of sp³-hybridized carbons (Fsp3) is 0.643. The molecular formula is C28H41ClN4O4SSi. The maximum Gasteiger partial charge on any atom is 0.407 e. The zero-order chi connectivity index (χ0) is 28.5. The number of halogens is 1. The second kappa shape index (κ2) is 14.4. The molecule has 3 amide bonds. The first kappa shape index (κ1) is 31.3. The third-order valence-electron chi connectivity index (χ3n) is 7.57. The highest BCUT2D eigenvalue weighted by atomic mass is 35.5. The lowest BCUT2D eigenvalue weighted by atomic mass is 9.84. The van der Waals surface area contributed by atoms with Crippen molar-refractivity contribution in [2.75, 3.05) is 13.2 Å². The molecule has 3 N–H and O–H groups in total. The van der Waals surface area contributed by atoms with Crippen molar-refractivity contribution in [1.29, 1.82) is 5.26 Å². The third-order valence-corrected chi connectivity index (χ3v) is 9.80. The molecule has 3 rings (SSSR count). The molecule has 0 radical (unpaired) electrons. The van der Waals surface area contributed by atoms with Crippen LogP contribution < -0.4 is 15.4 Å². The van der Waals surface area contributed by atoms with Gasteiger partial charge in [0, 0.05) is 33.1 Å². The van der Waals surface area contributed by atoms with Crippen LogP contribution in [0.4, 0.5) is 4.79 Å². The van der Waals surface area contributed by atoms with Crippen LogP contribution in [0, 0.1) is 28.6 Å². The molecule has 1 aliphatic carbocycles. The van der Waals surface area contributed by atoms with E-state index >= 15 is 0 Å². The second-order valence-corrected chi connectivity index (χ2v) is 15.0. The Balaban J connectivity index is 1.60. The minimum atomic E-state index is -1.06. The Labute approximate surface area is 244 Å². The summed E-state index contributed by atoms with van der Waals surface area (Å²) >= 11 is 7.15. The summed E-state index contributed by atoms with van der Waals surface area (Å²) in [5, 5.41) is 14.4. The molecule has 1 aromatic carbocycles. The van der Waals surface area contributed by atoms with Crippen LogP contribution in [0.2, 0.25) is 5.02 Å². The monoisotopic (exact) mass is 592 g/mol. The Morgan fingerprint density at radius 2 is 2.03 bits per heavy atom. The Morgan fingerprint density at radius 3 is 2.67 bits per heavy atom. The van der Waals surface area contributed by atoms with Gasteiger partial charge in [-0.2, -0.15) is 5.26 Å². The van der Waals surface area contributed by atoms with Crippen molar-refractivity contribution in [2.24, 2.45) is 17.3 Å². The van der Waals surface area contributed by atoms with E-state index in [2.05, 4.69) is 21.4 Å². The van der Waals surface area contributed by atoms with Crippen LogP contribution in [-0.4, -0.2) is 51.7 Å². The summed E-state index contributed by atoms with van der Waals surface area (Å²) in [7, 11) is 0.379. The molecule has 1 saturated carbocycles. The van der Waals surface area contributed by atoms with Crippen molar-refractivity contribution in [3.8, 4) is 6.07 Å². The van der Waals surface area contributed by atoms with Crippen molar-refractivity contribution in [3.05, 3.63) is 34.9 Å². The van der Waals surface area contributed by atoms with E-state index in [0.29, 0.717) is 53.4 Å². The largest absolute Gasteiger partial charge is 0.449 e. The van der Waals surface area contributed by atoms with Gasteiger partial charge in [-0.1, -0.05) is 69.7 Å². The molecule has 39 heavy (non-hydrogen) atoms. The third kappa shape index (κ3) is 10.0. The summed E-state index contributed by atoms with van der Waals surface area (Å²) in [5.74, 6) is -0.221. The molecular weight excluding hydrogens is 552 g/mol. The topological polar surface area (TPSA) is 120 Å². The zero-order valence-corrected chi connectivity index (χ0v) is 26.8. The molecule has 2 aliphatic rings. The summed E-state index contributed by atoms with van der Waals surface area (Å²) in [4.78, 5) is 38.4.